The first kappa shape index (κ1) is 19.6. The van der Waals surface area contributed by atoms with E-state index in [1.807, 2.05) is 50.2 Å². The third-order valence-electron chi connectivity index (χ3n) is 5.10. The fourth-order valence-corrected chi connectivity index (χ4v) is 3.48. The third kappa shape index (κ3) is 4.00. The van der Waals surface area contributed by atoms with E-state index in [0.29, 0.717) is 42.4 Å². The maximum Gasteiger partial charge on any atom is 0.271 e. The second-order valence-electron chi connectivity index (χ2n) is 7.12. The summed E-state index contributed by atoms with van der Waals surface area (Å²) in [4.78, 5) is 25.1. The minimum atomic E-state index is -0.432. The van der Waals surface area contributed by atoms with E-state index >= 15 is 0 Å². The van der Waals surface area contributed by atoms with Crippen LogP contribution in [0.4, 0.5) is 0 Å². The minimum absolute atomic E-state index is 0.367. The Bertz CT molecular complexity index is 1090. The second-order valence-corrected chi connectivity index (χ2v) is 7.12. The molecule has 0 spiro atoms. The summed E-state index contributed by atoms with van der Waals surface area (Å²) in [6.07, 6.45) is 0. The molecule has 0 unspecified atom stereocenters. The summed E-state index contributed by atoms with van der Waals surface area (Å²) in [5.41, 5.74) is 8.81. The van der Waals surface area contributed by atoms with Crippen molar-refractivity contribution in [2.75, 3.05) is 13.2 Å². The minimum Gasteiger partial charge on any atom is -0.486 e. The molecule has 2 aromatic carbocycles. The van der Waals surface area contributed by atoms with Crippen LogP contribution < -0.4 is 20.3 Å². The lowest BCUT2D eigenvalue weighted by molar-refractivity contribution is 0.0845. The number of hydrogen-bond donors (Lipinski definition) is 2. The Balaban J connectivity index is 1.43. The predicted molar refractivity (Wildman–Crippen MR) is 112 cm³/mol. The first-order valence-electron chi connectivity index (χ1n) is 9.74. The third-order valence-corrected chi connectivity index (χ3v) is 5.10. The summed E-state index contributed by atoms with van der Waals surface area (Å²) in [5, 5.41) is 0. The fourth-order valence-electron chi connectivity index (χ4n) is 3.48. The van der Waals surface area contributed by atoms with Crippen LogP contribution in [0.3, 0.4) is 0 Å². The van der Waals surface area contributed by atoms with Crippen LogP contribution in [-0.4, -0.2) is 29.6 Å². The van der Waals surface area contributed by atoms with Crippen molar-refractivity contribution < 1.29 is 19.1 Å². The van der Waals surface area contributed by atoms with Gasteiger partial charge in [-0.3, -0.25) is 20.4 Å². The molecule has 0 radical (unpaired) electrons. The van der Waals surface area contributed by atoms with Gasteiger partial charge in [0.1, 0.15) is 13.2 Å². The number of fused-ring (bicyclic) bond motifs is 1. The highest BCUT2D eigenvalue weighted by molar-refractivity contribution is 6.00. The van der Waals surface area contributed by atoms with Gasteiger partial charge in [-0.25, -0.2) is 0 Å². The highest BCUT2D eigenvalue weighted by Gasteiger charge is 2.18. The van der Waals surface area contributed by atoms with Crippen LogP contribution in [0.2, 0.25) is 0 Å². The zero-order chi connectivity index (χ0) is 21.1. The summed E-state index contributed by atoms with van der Waals surface area (Å²) >= 11 is 0. The molecule has 2 N–H and O–H groups in total. The number of ether oxygens (including phenoxy) is 2. The molecule has 7 nitrogen and oxygen atoms in total. The number of aromatic nitrogens is 1. The average Bonchev–Trinajstić information content (AvgIpc) is 3.06. The lowest BCUT2D eigenvalue weighted by Gasteiger charge is -2.18. The van der Waals surface area contributed by atoms with E-state index in [-0.39, 0.29) is 5.91 Å². The van der Waals surface area contributed by atoms with Crippen LogP contribution in [0, 0.1) is 13.8 Å². The van der Waals surface area contributed by atoms with Gasteiger partial charge in [-0.05, 0) is 43.7 Å². The van der Waals surface area contributed by atoms with Crippen LogP contribution in [0.1, 0.15) is 37.7 Å². The molecule has 0 fully saturated rings. The number of nitrogens with one attached hydrogen (secondary N) is 2. The number of aryl methyl sites for hydroxylation is 1. The molecule has 2 amide bonds. The molecule has 0 atom stereocenters. The topological polar surface area (TPSA) is 81.6 Å². The first-order chi connectivity index (χ1) is 14.5. The van der Waals surface area contributed by atoms with E-state index in [1.54, 1.807) is 18.2 Å². The Morgan fingerprint density at radius 2 is 1.60 bits per heavy atom. The fraction of sp³-hybridized carbons (Fsp3) is 0.217. The monoisotopic (exact) mass is 405 g/mol. The number of hydrogen-bond acceptors (Lipinski definition) is 4. The highest BCUT2D eigenvalue weighted by Crippen LogP contribution is 2.30. The van der Waals surface area contributed by atoms with Crippen LogP contribution >= 0.6 is 0 Å². The van der Waals surface area contributed by atoms with E-state index in [4.69, 9.17) is 9.47 Å². The quantitative estimate of drug-likeness (QED) is 0.654. The average molecular weight is 405 g/mol. The molecule has 0 bridgehead atoms. The Hall–Kier alpha value is -3.74. The van der Waals surface area contributed by atoms with Crippen molar-refractivity contribution in [3.05, 3.63) is 82.7 Å². The van der Waals surface area contributed by atoms with Gasteiger partial charge >= 0.3 is 0 Å². The maximum absolute atomic E-state index is 12.7. The molecule has 0 saturated carbocycles. The molecule has 1 aromatic heterocycles. The van der Waals surface area contributed by atoms with Gasteiger partial charge in [-0.15, -0.1) is 0 Å². The van der Waals surface area contributed by atoms with Crippen LogP contribution in [-0.2, 0) is 6.54 Å². The smallest absolute Gasteiger partial charge is 0.271 e. The van der Waals surface area contributed by atoms with Crippen LogP contribution in [0.25, 0.3) is 0 Å². The molecule has 1 aliphatic heterocycles. The molecule has 30 heavy (non-hydrogen) atoms. The van der Waals surface area contributed by atoms with Crippen molar-refractivity contribution in [2.24, 2.45) is 0 Å². The van der Waals surface area contributed by atoms with Crippen molar-refractivity contribution in [2.45, 2.75) is 20.4 Å². The second kappa shape index (κ2) is 8.32. The highest BCUT2D eigenvalue weighted by atomic mass is 16.6. The van der Waals surface area contributed by atoms with Gasteiger partial charge in [0.25, 0.3) is 11.8 Å². The number of rotatable bonds is 4. The lowest BCUT2D eigenvalue weighted by atomic mass is 10.2. The first-order valence-corrected chi connectivity index (χ1v) is 9.74. The Morgan fingerprint density at radius 1 is 0.900 bits per heavy atom. The van der Waals surface area contributed by atoms with Gasteiger partial charge in [0.05, 0.1) is 5.56 Å². The number of benzene rings is 2. The summed E-state index contributed by atoms with van der Waals surface area (Å²) in [7, 11) is 0. The molecule has 154 valence electrons. The zero-order valence-electron chi connectivity index (χ0n) is 16.9. The Morgan fingerprint density at radius 3 is 2.37 bits per heavy atom. The Labute approximate surface area is 174 Å². The zero-order valence-corrected chi connectivity index (χ0v) is 16.9. The van der Waals surface area contributed by atoms with Gasteiger partial charge in [-0.2, -0.15) is 0 Å². The number of hydrazine groups is 1. The van der Waals surface area contributed by atoms with Gasteiger partial charge in [0.2, 0.25) is 0 Å². The molecule has 4 rings (SSSR count). The summed E-state index contributed by atoms with van der Waals surface area (Å²) in [6.45, 7) is 5.45. The molecule has 7 heteroatoms. The maximum atomic E-state index is 12.7. The summed E-state index contributed by atoms with van der Waals surface area (Å²) < 4.78 is 13.0. The normalized spacial score (nSPS) is 12.3. The van der Waals surface area contributed by atoms with Crippen LogP contribution in [0.5, 0.6) is 11.5 Å². The standard InChI is InChI=1S/C23H23N3O4/c1-15-12-19(16(2)26(15)14-17-6-4-3-5-7-17)23(28)25-24-22(27)18-8-9-20-21(13-18)30-11-10-29-20/h3-9,12-13H,10-11,14H2,1-2H3,(H,24,27)(H,25,28). The van der Waals surface area contributed by atoms with Crippen molar-refractivity contribution in [3.63, 3.8) is 0 Å². The van der Waals surface area contributed by atoms with E-state index < -0.39 is 5.91 Å². The van der Waals surface area contributed by atoms with E-state index in [0.717, 1.165) is 17.0 Å². The van der Waals surface area contributed by atoms with Crippen molar-refractivity contribution in [3.8, 4) is 11.5 Å². The van der Waals surface area contributed by atoms with Gasteiger partial charge in [-0.1, -0.05) is 30.3 Å². The molecular weight excluding hydrogens is 382 g/mol. The van der Waals surface area contributed by atoms with Crippen molar-refractivity contribution in [1.29, 1.82) is 0 Å². The van der Waals surface area contributed by atoms with Crippen molar-refractivity contribution in [1.82, 2.24) is 15.4 Å². The predicted octanol–water partition coefficient (Wildman–Crippen LogP) is 3.00. The molecule has 0 aliphatic carbocycles. The number of carbonyl (C=O) groups is 2. The summed E-state index contributed by atoms with van der Waals surface area (Å²) in [5.74, 6) is 0.323. The van der Waals surface area contributed by atoms with Gasteiger partial charge in [0.15, 0.2) is 11.5 Å². The summed E-state index contributed by atoms with van der Waals surface area (Å²) in [6, 6.07) is 16.8. The molecule has 0 saturated heterocycles. The van der Waals surface area contributed by atoms with Gasteiger partial charge in [0, 0.05) is 23.5 Å². The largest absolute Gasteiger partial charge is 0.486 e. The SMILES string of the molecule is Cc1cc(C(=O)NNC(=O)c2ccc3c(c2)OCCO3)c(C)n1Cc1ccccc1. The van der Waals surface area contributed by atoms with Crippen molar-refractivity contribution >= 4 is 11.8 Å². The molecular formula is C23H23N3O4. The number of nitrogens with zero attached hydrogens (tertiary/aromatic N) is 1. The number of carbonyl (C=O) groups excluding carboxylic acids is 2. The van der Waals surface area contributed by atoms with Crippen LogP contribution in [0.15, 0.2) is 54.6 Å². The molecule has 3 aromatic rings. The molecule has 1 aliphatic rings. The van der Waals surface area contributed by atoms with E-state index in [1.165, 1.54) is 0 Å². The molecule has 2 heterocycles. The Kier molecular flexibility index (Phi) is 5.43. The van der Waals surface area contributed by atoms with E-state index in [9.17, 15) is 9.59 Å². The number of amides is 2. The lowest BCUT2D eigenvalue weighted by Crippen LogP contribution is -2.41. The van der Waals surface area contributed by atoms with E-state index in [2.05, 4.69) is 15.4 Å². The van der Waals surface area contributed by atoms with Gasteiger partial charge < -0.3 is 14.0 Å².